The molecule has 24 heavy (non-hydrogen) atoms. The van der Waals surface area contributed by atoms with Crippen LogP contribution in [-0.2, 0) is 10.0 Å². The predicted octanol–water partition coefficient (Wildman–Crippen LogP) is 4.35. The Morgan fingerprint density at radius 3 is 2.54 bits per heavy atom. The zero-order valence-electron chi connectivity index (χ0n) is 13.9. The van der Waals surface area contributed by atoms with Crippen LogP contribution in [0.5, 0.6) is 5.75 Å². The third-order valence-corrected chi connectivity index (χ3v) is 5.94. The van der Waals surface area contributed by atoms with Crippen molar-refractivity contribution in [2.45, 2.75) is 18.7 Å². The lowest BCUT2D eigenvalue weighted by Crippen LogP contribution is -2.31. The molecule has 0 radical (unpaired) electrons. The van der Waals surface area contributed by atoms with Gasteiger partial charge >= 0.3 is 0 Å². The van der Waals surface area contributed by atoms with E-state index in [9.17, 15) is 8.42 Å². The van der Waals surface area contributed by atoms with E-state index in [0.717, 1.165) is 5.56 Å². The second-order valence-electron chi connectivity index (χ2n) is 5.34. The van der Waals surface area contributed by atoms with Gasteiger partial charge in [-0.15, -0.1) is 6.58 Å². The second kappa shape index (κ2) is 7.28. The Kier molecular flexibility index (Phi) is 5.57. The van der Waals surface area contributed by atoms with Gasteiger partial charge in [-0.3, -0.25) is 4.31 Å². The average molecular weight is 366 g/mol. The van der Waals surface area contributed by atoms with E-state index in [2.05, 4.69) is 6.58 Å². The van der Waals surface area contributed by atoms with Crippen molar-refractivity contribution in [3.05, 3.63) is 65.2 Å². The highest BCUT2D eigenvalue weighted by Crippen LogP contribution is 2.32. The number of aryl methyl sites for hydroxylation is 1. The quantitative estimate of drug-likeness (QED) is 0.715. The summed E-state index contributed by atoms with van der Waals surface area (Å²) in [6.45, 7) is 7.42. The van der Waals surface area contributed by atoms with E-state index < -0.39 is 10.0 Å². The van der Waals surface area contributed by atoms with Gasteiger partial charge in [0.15, 0.2) is 0 Å². The van der Waals surface area contributed by atoms with Gasteiger partial charge in [-0.05, 0) is 55.3 Å². The molecule has 6 heteroatoms. The Hall–Kier alpha value is -1.98. The van der Waals surface area contributed by atoms with Crippen molar-refractivity contribution in [2.75, 3.05) is 18.0 Å². The summed E-state index contributed by atoms with van der Waals surface area (Å²) >= 11 is 6.16. The van der Waals surface area contributed by atoms with E-state index >= 15 is 0 Å². The molecule has 0 bridgehead atoms. The van der Waals surface area contributed by atoms with E-state index in [1.807, 2.05) is 0 Å². The maximum atomic E-state index is 13.1. The average Bonchev–Trinajstić information content (AvgIpc) is 2.55. The van der Waals surface area contributed by atoms with Gasteiger partial charge in [-0.25, -0.2) is 8.42 Å². The van der Waals surface area contributed by atoms with Gasteiger partial charge in [0.2, 0.25) is 0 Å². The van der Waals surface area contributed by atoms with Crippen molar-refractivity contribution in [2.24, 2.45) is 0 Å². The van der Waals surface area contributed by atoms with E-state index in [1.54, 1.807) is 57.4 Å². The number of ether oxygens (including phenoxy) is 1. The number of benzene rings is 2. The predicted molar refractivity (Wildman–Crippen MR) is 98.6 cm³/mol. The van der Waals surface area contributed by atoms with E-state index in [-0.39, 0.29) is 11.4 Å². The van der Waals surface area contributed by atoms with Gasteiger partial charge in [-0.1, -0.05) is 23.7 Å². The van der Waals surface area contributed by atoms with Crippen LogP contribution >= 0.6 is 11.6 Å². The molecule has 0 aliphatic carbocycles. The van der Waals surface area contributed by atoms with Gasteiger partial charge in [-0.2, -0.15) is 0 Å². The largest absolute Gasteiger partial charge is 0.496 e. The number of nitrogens with zero attached hydrogens (tertiary/aromatic N) is 1. The fourth-order valence-corrected chi connectivity index (χ4v) is 4.20. The number of halogens is 1. The highest BCUT2D eigenvalue weighted by molar-refractivity contribution is 7.92. The van der Waals surface area contributed by atoms with Gasteiger partial charge in [0.1, 0.15) is 5.75 Å². The minimum atomic E-state index is -3.76. The SMILES string of the molecule is C=CCN(c1cccc(Cl)c1C)S(=O)(=O)c1ccc(OC)c(C)c1. The molecule has 0 spiro atoms. The summed E-state index contributed by atoms with van der Waals surface area (Å²) < 4.78 is 32.8. The number of methoxy groups -OCH3 is 1. The second-order valence-corrected chi connectivity index (χ2v) is 7.61. The molecular formula is C18H20ClNO3S. The standard InChI is InChI=1S/C18H20ClNO3S/c1-5-11-20(17-8-6-7-16(19)14(17)3)24(21,22)15-9-10-18(23-4)13(2)12-15/h5-10,12H,1,11H2,2-4H3. The van der Waals surface area contributed by atoms with Gasteiger partial charge in [0.05, 0.1) is 24.2 Å². The fourth-order valence-electron chi connectivity index (χ4n) is 2.45. The maximum Gasteiger partial charge on any atom is 0.264 e. The smallest absolute Gasteiger partial charge is 0.264 e. The third kappa shape index (κ3) is 3.42. The topological polar surface area (TPSA) is 46.6 Å². The van der Waals surface area contributed by atoms with Crippen molar-refractivity contribution in [3.8, 4) is 5.75 Å². The van der Waals surface area contributed by atoms with Crippen LogP contribution in [0, 0.1) is 13.8 Å². The van der Waals surface area contributed by atoms with Crippen LogP contribution in [0.1, 0.15) is 11.1 Å². The summed E-state index contributed by atoms with van der Waals surface area (Å²) in [4.78, 5) is 0.196. The molecule has 0 N–H and O–H groups in total. The van der Waals surface area contributed by atoms with Crippen LogP contribution in [0.2, 0.25) is 5.02 Å². The Morgan fingerprint density at radius 1 is 1.25 bits per heavy atom. The van der Waals surface area contributed by atoms with Crippen LogP contribution in [-0.4, -0.2) is 22.1 Å². The molecule has 0 saturated heterocycles. The molecule has 0 aliphatic heterocycles. The first-order valence-electron chi connectivity index (χ1n) is 7.36. The lowest BCUT2D eigenvalue weighted by Gasteiger charge is -2.25. The molecule has 2 aromatic rings. The molecule has 2 rings (SSSR count). The maximum absolute atomic E-state index is 13.1. The highest BCUT2D eigenvalue weighted by atomic mass is 35.5. The lowest BCUT2D eigenvalue weighted by atomic mass is 10.2. The summed E-state index contributed by atoms with van der Waals surface area (Å²) in [5.74, 6) is 0.642. The molecule has 4 nitrogen and oxygen atoms in total. The van der Waals surface area contributed by atoms with Crippen molar-refractivity contribution in [3.63, 3.8) is 0 Å². The number of sulfonamides is 1. The van der Waals surface area contributed by atoms with E-state index in [0.29, 0.717) is 22.0 Å². The monoisotopic (exact) mass is 365 g/mol. The number of anilines is 1. The van der Waals surface area contributed by atoms with Crippen LogP contribution in [0.4, 0.5) is 5.69 Å². The Labute approximate surface area is 148 Å². The first-order chi connectivity index (χ1) is 11.3. The number of rotatable bonds is 6. The molecule has 0 unspecified atom stereocenters. The van der Waals surface area contributed by atoms with Crippen LogP contribution in [0.25, 0.3) is 0 Å². The van der Waals surface area contributed by atoms with Crippen molar-refractivity contribution in [1.29, 1.82) is 0 Å². The fraction of sp³-hybridized carbons (Fsp3) is 0.222. The summed E-state index contributed by atoms with van der Waals surface area (Å²) in [6, 6.07) is 9.99. The van der Waals surface area contributed by atoms with Crippen LogP contribution in [0.15, 0.2) is 53.9 Å². The summed E-state index contributed by atoms with van der Waals surface area (Å²) in [6.07, 6.45) is 1.55. The third-order valence-electron chi connectivity index (χ3n) is 3.76. The van der Waals surface area contributed by atoms with Gasteiger partial charge < -0.3 is 4.74 Å². The molecule has 0 atom stereocenters. The van der Waals surface area contributed by atoms with Gasteiger partial charge in [0.25, 0.3) is 10.0 Å². The molecule has 0 saturated carbocycles. The minimum absolute atomic E-state index is 0.147. The van der Waals surface area contributed by atoms with Crippen molar-refractivity contribution < 1.29 is 13.2 Å². The molecular weight excluding hydrogens is 346 g/mol. The Balaban J connectivity index is 2.59. The zero-order valence-corrected chi connectivity index (χ0v) is 15.5. The van der Waals surface area contributed by atoms with Crippen molar-refractivity contribution in [1.82, 2.24) is 0 Å². The molecule has 0 fully saturated rings. The van der Waals surface area contributed by atoms with Gasteiger partial charge in [0, 0.05) is 5.02 Å². The molecule has 128 valence electrons. The molecule has 2 aromatic carbocycles. The van der Waals surface area contributed by atoms with E-state index in [1.165, 1.54) is 10.4 Å². The molecule has 0 amide bonds. The Bertz CT molecular complexity index is 863. The zero-order chi connectivity index (χ0) is 17.9. The van der Waals surface area contributed by atoms with Crippen LogP contribution < -0.4 is 9.04 Å². The first kappa shape index (κ1) is 18.4. The molecule has 0 heterocycles. The summed E-state index contributed by atoms with van der Waals surface area (Å²) in [7, 11) is -2.20. The summed E-state index contributed by atoms with van der Waals surface area (Å²) in [5.41, 5.74) is 1.99. The number of hydrogen-bond acceptors (Lipinski definition) is 3. The highest BCUT2D eigenvalue weighted by Gasteiger charge is 2.26. The Morgan fingerprint density at radius 2 is 1.96 bits per heavy atom. The van der Waals surface area contributed by atoms with Crippen LogP contribution in [0.3, 0.4) is 0 Å². The van der Waals surface area contributed by atoms with Crippen molar-refractivity contribution >= 4 is 27.3 Å². The van der Waals surface area contributed by atoms with E-state index in [4.69, 9.17) is 16.3 Å². The summed E-state index contributed by atoms with van der Waals surface area (Å²) in [5, 5.41) is 0.516. The molecule has 0 aromatic heterocycles. The first-order valence-corrected chi connectivity index (χ1v) is 9.18. The normalized spacial score (nSPS) is 11.2. The minimum Gasteiger partial charge on any atom is -0.496 e. The molecule has 0 aliphatic rings. The number of hydrogen-bond donors (Lipinski definition) is 0. The lowest BCUT2D eigenvalue weighted by molar-refractivity contribution is 0.411.